The first-order chi connectivity index (χ1) is 9.95. The van der Waals surface area contributed by atoms with Gasteiger partial charge in [0.05, 0.1) is 0 Å². The second kappa shape index (κ2) is 6.68. The van der Waals surface area contributed by atoms with E-state index in [0.29, 0.717) is 6.04 Å². The molecule has 5 nitrogen and oxygen atoms in total. The number of nitrogens with one attached hydrogen (secondary N) is 1. The first kappa shape index (κ1) is 16.1. The predicted octanol–water partition coefficient (Wildman–Crippen LogP) is 1.92. The maximum atomic E-state index is 12.6. The molecule has 116 valence electrons. The van der Waals surface area contributed by atoms with E-state index in [0.717, 1.165) is 12.1 Å². The Kier molecular flexibility index (Phi) is 5.13. The van der Waals surface area contributed by atoms with Crippen LogP contribution in [0.15, 0.2) is 36.0 Å². The molecule has 1 aromatic rings. The van der Waals surface area contributed by atoms with Crippen LogP contribution in [0, 0.1) is 0 Å². The Morgan fingerprint density at radius 2 is 2.19 bits per heavy atom. The summed E-state index contributed by atoms with van der Waals surface area (Å²) in [6.07, 6.45) is 5.68. The number of pyridine rings is 1. The summed E-state index contributed by atoms with van der Waals surface area (Å²) < 4.78 is 26.5. The quantitative estimate of drug-likeness (QED) is 0.745. The monoisotopic (exact) mass is 309 g/mol. The van der Waals surface area contributed by atoms with E-state index in [1.807, 2.05) is 19.9 Å². The fraction of sp³-hybridized carbons (Fsp3) is 0.533. The highest BCUT2D eigenvalue weighted by atomic mass is 32.2. The molecule has 1 aliphatic rings. The van der Waals surface area contributed by atoms with E-state index < -0.39 is 10.0 Å². The third kappa shape index (κ3) is 4.12. The summed E-state index contributed by atoms with van der Waals surface area (Å²) in [7, 11) is -3.57. The van der Waals surface area contributed by atoms with Gasteiger partial charge >= 0.3 is 0 Å². The van der Waals surface area contributed by atoms with E-state index in [1.165, 1.54) is 17.1 Å². The summed E-state index contributed by atoms with van der Waals surface area (Å²) in [5.41, 5.74) is 1.00. The molecule has 0 unspecified atom stereocenters. The zero-order valence-electron chi connectivity index (χ0n) is 12.6. The van der Waals surface area contributed by atoms with Crippen molar-refractivity contribution in [2.24, 2.45) is 0 Å². The number of hydrogen-bond acceptors (Lipinski definition) is 4. The summed E-state index contributed by atoms with van der Waals surface area (Å²) in [5.74, 6) is 0. The van der Waals surface area contributed by atoms with Crippen molar-refractivity contribution in [1.29, 1.82) is 0 Å². The van der Waals surface area contributed by atoms with Crippen LogP contribution in [0.1, 0.15) is 32.3 Å². The zero-order valence-corrected chi connectivity index (χ0v) is 13.4. The highest BCUT2D eigenvalue weighted by Gasteiger charge is 2.27. The average Bonchev–Trinajstić information content (AvgIpc) is 3.26. The van der Waals surface area contributed by atoms with Gasteiger partial charge < -0.3 is 5.32 Å². The van der Waals surface area contributed by atoms with Crippen molar-refractivity contribution in [2.75, 3.05) is 6.54 Å². The molecule has 1 fully saturated rings. The summed E-state index contributed by atoms with van der Waals surface area (Å²) >= 11 is 0. The Hall–Kier alpha value is -1.24. The minimum Gasteiger partial charge on any atom is -0.310 e. The molecular weight excluding hydrogens is 286 g/mol. The zero-order chi connectivity index (χ0) is 15.5. The van der Waals surface area contributed by atoms with Crippen molar-refractivity contribution in [3.63, 3.8) is 0 Å². The lowest BCUT2D eigenvalue weighted by atomic mass is 10.3. The van der Waals surface area contributed by atoms with Crippen LogP contribution in [-0.4, -0.2) is 36.3 Å². The van der Waals surface area contributed by atoms with Crippen LogP contribution in [0.3, 0.4) is 0 Å². The van der Waals surface area contributed by atoms with Gasteiger partial charge in [0.1, 0.15) is 0 Å². The molecule has 0 aliphatic heterocycles. The molecule has 1 heterocycles. The predicted molar refractivity (Wildman–Crippen MR) is 83.3 cm³/mol. The lowest BCUT2D eigenvalue weighted by molar-refractivity contribution is 0.381. The summed E-state index contributed by atoms with van der Waals surface area (Å²) in [6, 6.07) is 3.89. The van der Waals surface area contributed by atoms with Gasteiger partial charge in [-0.1, -0.05) is 12.1 Å². The van der Waals surface area contributed by atoms with E-state index in [2.05, 4.69) is 16.9 Å². The number of hydrogen-bond donors (Lipinski definition) is 1. The summed E-state index contributed by atoms with van der Waals surface area (Å²) in [4.78, 5) is 4.13. The molecule has 2 rings (SSSR count). The van der Waals surface area contributed by atoms with E-state index in [9.17, 15) is 8.42 Å². The van der Waals surface area contributed by atoms with Gasteiger partial charge in [0, 0.05) is 31.4 Å². The first-order valence-corrected chi connectivity index (χ1v) is 8.70. The molecule has 1 saturated carbocycles. The molecule has 0 saturated heterocycles. The highest BCUT2D eigenvalue weighted by Crippen LogP contribution is 2.20. The van der Waals surface area contributed by atoms with Gasteiger partial charge in [-0.15, -0.1) is 6.58 Å². The van der Waals surface area contributed by atoms with Crippen molar-refractivity contribution in [2.45, 2.75) is 50.3 Å². The molecule has 1 aliphatic carbocycles. The molecule has 6 heteroatoms. The van der Waals surface area contributed by atoms with Crippen LogP contribution in [-0.2, 0) is 16.6 Å². The van der Waals surface area contributed by atoms with E-state index in [-0.39, 0.29) is 17.6 Å². The minimum atomic E-state index is -3.57. The van der Waals surface area contributed by atoms with E-state index >= 15 is 0 Å². The van der Waals surface area contributed by atoms with Gasteiger partial charge in [-0.3, -0.25) is 0 Å². The van der Waals surface area contributed by atoms with Crippen LogP contribution in [0.5, 0.6) is 0 Å². The maximum Gasteiger partial charge on any atom is 0.261 e. The molecule has 0 bridgehead atoms. The molecular formula is C15H23N3O2S. The molecule has 0 spiro atoms. The Morgan fingerprint density at radius 1 is 1.48 bits per heavy atom. The molecule has 1 N–H and O–H groups in total. The van der Waals surface area contributed by atoms with E-state index in [1.54, 1.807) is 18.3 Å². The maximum absolute atomic E-state index is 12.6. The Labute approximate surface area is 127 Å². The molecule has 1 aromatic heterocycles. The Bertz CT molecular complexity index is 577. The number of rotatable bonds is 8. The third-order valence-corrected chi connectivity index (χ3v) is 5.39. The topological polar surface area (TPSA) is 62.3 Å². The van der Waals surface area contributed by atoms with E-state index in [4.69, 9.17) is 0 Å². The summed E-state index contributed by atoms with van der Waals surface area (Å²) in [5, 5.41) is 3.47. The van der Waals surface area contributed by atoms with Crippen molar-refractivity contribution in [3.05, 3.63) is 36.5 Å². The van der Waals surface area contributed by atoms with Crippen molar-refractivity contribution in [3.8, 4) is 0 Å². The van der Waals surface area contributed by atoms with Crippen molar-refractivity contribution < 1.29 is 8.42 Å². The summed E-state index contributed by atoms with van der Waals surface area (Å²) in [6.45, 7) is 8.32. The van der Waals surface area contributed by atoms with Crippen molar-refractivity contribution in [1.82, 2.24) is 14.6 Å². The largest absolute Gasteiger partial charge is 0.310 e. The number of nitrogens with zero attached hydrogens (tertiary/aromatic N) is 2. The molecule has 0 radical (unpaired) electrons. The molecule has 0 amide bonds. The molecule has 0 atom stereocenters. The highest BCUT2D eigenvalue weighted by molar-refractivity contribution is 7.89. The van der Waals surface area contributed by atoms with Gasteiger partial charge in [0.2, 0.25) is 0 Å². The van der Waals surface area contributed by atoms with Gasteiger partial charge in [0.25, 0.3) is 10.0 Å². The van der Waals surface area contributed by atoms with Crippen LogP contribution < -0.4 is 5.32 Å². The van der Waals surface area contributed by atoms with Crippen molar-refractivity contribution >= 4 is 10.0 Å². The Morgan fingerprint density at radius 3 is 2.67 bits per heavy atom. The molecule has 0 aromatic carbocycles. The van der Waals surface area contributed by atoms with Crippen LogP contribution >= 0.6 is 0 Å². The lowest BCUT2D eigenvalue weighted by Gasteiger charge is -2.24. The van der Waals surface area contributed by atoms with Gasteiger partial charge in [-0.2, -0.15) is 4.31 Å². The fourth-order valence-corrected chi connectivity index (χ4v) is 3.57. The first-order valence-electron chi connectivity index (χ1n) is 7.26. The van der Waals surface area contributed by atoms with Crippen LogP contribution in [0.25, 0.3) is 0 Å². The molecule has 21 heavy (non-hydrogen) atoms. The smallest absolute Gasteiger partial charge is 0.261 e. The second-order valence-corrected chi connectivity index (χ2v) is 7.45. The van der Waals surface area contributed by atoms with Crippen LogP contribution in [0.2, 0.25) is 0 Å². The van der Waals surface area contributed by atoms with Gasteiger partial charge in [-0.05, 0) is 38.3 Å². The normalized spacial score (nSPS) is 15.6. The van der Waals surface area contributed by atoms with Crippen LogP contribution in [0.4, 0.5) is 0 Å². The Balaban J connectivity index is 2.12. The fourth-order valence-electron chi connectivity index (χ4n) is 2.05. The van der Waals surface area contributed by atoms with Gasteiger partial charge in [-0.25, -0.2) is 13.4 Å². The third-order valence-electron chi connectivity index (χ3n) is 3.43. The standard InChI is InChI=1S/C15H23N3O2S/c1-4-9-18(12(2)3)21(19,20)15-8-5-13(11-17-15)10-16-14-6-7-14/h4-5,8,11-12,14,16H,1,6-7,9-10H2,2-3H3. The minimum absolute atomic E-state index is 0.0909. The lowest BCUT2D eigenvalue weighted by Crippen LogP contribution is -2.37. The van der Waals surface area contributed by atoms with Gasteiger partial charge in [0.15, 0.2) is 5.03 Å². The number of aromatic nitrogens is 1. The second-order valence-electron chi connectivity index (χ2n) is 5.62. The average molecular weight is 309 g/mol. The SMILES string of the molecule is C=CCN(C(C)C)S(=O)(=O)c1ccc(CNC2CC2)cn1. The number of sulfonamides is 1.